The fourth-order valence-electron chi connectivity index (χ4n) is 5.27. The van der Waals surface area contributed by atoms with Crippen molar-refractivity contribution in [3.8, 4) is 11.3 Å². The van der Waals surface area contributed by atoms with E-state index in [-0.39, 0.29) is 18.4 Å². The summed E-state index contributed by atoms with van der Waals surface area (Å²) in [5.41, 5.74) is 2.73. The van der Waals surface area contributed by atoms with Crippen LogP contribution in [0.25, 0.3) is 27.7 Å². The maximum atomic E-state index is 13.5. The Morgan fingerprint density at radius 1 is 1.23 bits per heavy atom. The molecule has 5 heterocycles. The van der Waals surface area contributed by atoms with Crippen molar-refractivity contribution in [1.29, 1.82) is 0 Å². The monoisotopic (exact) mass is 561 g/mol. The smallest absolute Gasteiger partial charge is 0.258 e. The third-order valence-corrected chi connectivity index (χ3v) is 8.41. The number of hydrogen-bond donors (Lipinski definition) is 2. The molecule has 0 saturated carbocycles. The van der Waals surface area contributed by atoms with Crippen LogP contribution in [0.15, 0.2) is 54.2 Å². The topological polar surface area (TPSA) is 116 Å². The van der Waals surface area contributed by atoms with Crippen molar-refractivity contribution < 1.29 is 18.7 Å². The Bertz CT molecular complexity index is 1570. The molecule has 12 heteroatoms. The predicted molar refractivity (Wildman–Crippen MR) is 150 cm³/mol. The second kappa shape index (κ2) is 10.9. The Kier molecular flexibility index (Phi) is 7.13. The van der Waals surface area contributed by atoms with Crippen LogP contribution in [0.3, 0.4) is 0 Å². The number of carbonyl (C=O) groups excluding carboxylic acids is 2. The first-order valence-corrected chi connectivity index (χ1v) is 13.9. The number of nitrogens with one attached hydrogen (secondary N) is 2. The zero-order valence-electron chi connectivity index (χ0n) is 21.9. The van der Waals surface area contributed by atoms with E-state index in [2.05, 4.69) is 31.6 Å². The van der Waals surface area contributed by atoms with Crippen molar-refractivity contribution in [1.82, 2.24) is 30.0 Å². The van der Waals surface area contributed by atoms with E-state index in [0.29, 0.717) is 49.5 Å². The molecule has 4 aromatic rings. The average molecular weight is 562 g/mol. The van der Waals surface area contributed by atoms with E-state index in [4.69, 9.17) is 4.74 Å². The number of thiazole rings is 1. The number of rotatable bonds is 7. The molecule has 1 atom stereocenters. The Morgan fingerprint density at radius 3 is 2.85 bits per heavy atom. The molecule has 0 aliphatic carbocycles. The minimum Gasteiger partial charge on any atom is -0.367 e. The number of aromatic nitrogens is 4. The molecule has 2 aliphatic heterocycles. The van der Waals surface area contributed by atoms with Crippen LogP contribution < -0.4 is 5.32 Å². The van der Waals surface area contributed by atoms with Crippen LogP contribution in [-0.2, 0) is 14.3 Å². The zero-order valence-corrected chi connectivity index (χ0v) is 22.7. The minimum atomic E-state index is -1.07. The van der Waals surface area contributed by atoms with Gasteiger partial charge in [0.05, 0.1) is 12.1 Å². The first-order chi connectivity index (χ1) is 19.4. The Hall–Kier alpha value is -4.00. The average Bonchev–Trinajstić information content (AvgIpc) is 3.74. The fourth-order valence-corrected chi connectivity index (χ4v) is 5.98. The molecule has 0 bridgehead atoms. The van der Waals surface area contributed by atoms with Crippen molar-refractivity contribution in [3.63, 3.8) is 0 Å². The number of methoxy groups -OCH3 is 1. The van der Waals surface area contributed by atoms with Crippen LogP contribution in [0.5, 0.6) is 0 Å². The molecule has 1 fully saturated rings. The largest absolute Gasteiger partial charge is 0.367 e. The summed E-state index contributed by atoms with van der Waals surface area (Å²) in [6.45, 7) is 2.33. The standard InChI is InChI=1S/C28H28FN7O3S/c1-39-28(8-12-35(17-28)16-24(37)36-10-6-18(7-11-36)26-30-9-13-40-26)27(38)32-20-3-4-22-21(14-20)25(34-33-22)19-2-5-23(29)31-15-19/h2-6,9,13-15H,7-8,10-12,16-17H2,1H3,(H,32,38)(H,33,34)/t28-/m0/s1. The number of H-pyrrole nitrogens is 1. The lowest BCUT2D eigenvalue weighted by Gasteiger charge is -2.29. The van der Waals surface area contributed by atoms with Crippen LogP contribution in [-0.4, -0.2) is 87.2 Å². The number of fused-ring (bicyclic) bond motifs is 1. The molecule has 0 spiro atoms. The quantitative estimate of drug-likeness (QED) is 0.332. The third-order valence-electron chi connectivity index (χ3n) is 7.56. The molecule has 1 saturated heterocycles. The van der Waals surface area contributed by atoms with Gasteiger partial charge in [-0.15, -0.1) is 11.3 Å². The summed E-state index contributed by atoms with van der Waals surface area (Å²) in [6.07, 6.45) is 6.54. The Morgan fingerprint density at radius 2 is 2.12 bits per heavy atom. The molecule has 206 valence electrons. The number of benzene rings is 1. The SMILES string of the molecule is CO[C@@]1(C(=O)Nc2ccc3[nH]nc(-c4ccc(F)nc4)c3c2)CCN(CC(=O)N2CC=C(c3nccs3)CC2)C1. The van der Waals surface area contributed by atoms with Crippen molar-refractivity contribution in [2.75, 3.05) is 45.2 Å². The number of likely N-dealkylation sites (tertiary alicyclic amines) is 1. The molecule has 2 N–H and O–H groups in total. The molecule has 3 aromatic heterocycles. The van der Waals surface area contributed by atoms with Crippen LogP contribution >= 0.6 is 11.3 Å². The lowest BCUT2D eigenvalue weighted by atomic mass is 10.0. The molecule has 10 nitrogen and oxygen atoms in total. The maximum Gasteiger partial charge on any atom is 0.258 e. The summed E-state index contributed by atoms with van der Waals surface area (Å²) in [6, 6.07) is 8.32. The van der Waals surface area contributed by atoms with Gasteiger partial charge in [-0.05, 0) is 48.7 Å². The molecule has 0 radical (unpaired) electrons. The molecule has 2 aliphatic rings. The Balaban J connectivity index is 1.10. The first kappa shape index (κ1) is 26.2. The molecule has 2 amide bonds. The second-order valence-electron chi connectivity index (χ2n) is 9.97. The molecular formula is C28H28FN7O3S. The van der Waals surface area contributed by atoms with Crippen LogP contribution in [0.4, 0.5) is 10.1 Å². The molecule has 0 unspecified atom stereocenters. The summed E-state index contributed by atoms with van der Waals surface area (Å²) in [4.78, 5) is 38.4. The second-order valence-corrected chi connectivity index (χ2v) is 10.9. The van der Waals surface area contributed by atoms with Crippen LogP contribution in [0.1, 0.15) is 17.8 Å². The lowest BCUT2D eigenvalue weighted by Crippen LogP contribution is -2.48. The number of amides is 2. The number of aromatic amines is 1. The van der Waals surface area contributed by atoms with Gasteiger partial charge in [0.1, 0.15) is 10.7 Å². The molecular weight excluding hydrogens is 533 g/mol. The predicted octanol–water partition coefficient (Wildman–Crippen LogP) is 3.57. The van der Waals surface area contributed by atoms with Crippen molar-refractivity contribution in [3.05, 3.63) is 65.1 Å². The summed E-state index contributed by atoms with van der Waals surface area (Å²) >= 11 is 1.61. The van der Waals surface area contributed by atoms with E-state index in [0.717, 1.165) is 22.3 Å². The fraction of sp³-hybridized carbons (Fsp3) is 0.321. The van der Waals surface area contributed by atoms with Gasteiger partial charge in [0.25, 0.3) is 5.91 Å². The molecule has 40 heavy (non-hydrogen) atoms. The number of ether oxygens (including phenoxy) is 1. The first-order valence-electron chi connectivity index (χ1n) is 13.0. The summed E-state index contributed by atoms with van der Waals surface area (Å²) in [5.74, 6) is -0.802. The molecule has 6 rings (SSSR count). The van der Waals surface area contributed by atoms with Gasteiger partial charge in [-0.3, -0.25) is 19.6 Å². The van der Waals surface area contributed by atoms with E-state index in [1.165, 1.54) is 24.9 Å². The van der Waals surface area contributed by atoms with E-state index in [1.54, 1.807) is 29.7 Å². The Labute approximate surface area is 233 Å². The van der Waals surface area contributed by atoms with Gasteiger partial charge in [0.2, 0.25) is 11.9 Å². The number of nitrogens with zero attached hydrogens (tertiary/aromatic N) is 5. The van der Waals surface area contributed by atoms with E-state index in [9.17, 15) is 14.0 Å². The number of hydrogen-bond acceptors (Lipinski definition) is 8. The van der Waals surface area contributed by atoms with Crippen molar-refractivity contribution in [2.24, 2.45) is 0 Å². The molecule has 1 aromatic carbocycles. The number of carbonyl (C=O) groups is 2. The highest BCUT2D eigenvalue weighted by Crippen LogP contribution is 2.31. The highest BCUT2D eigenvalue weighted by molar-refractivity contribution is 7.10. The van der Waals surface area contributed by atoms with E-state index < -0.39 is 11.5 Å². The van der Waals surface area contributed by atoms with Crippen molar-refractivity contribution in [2.45, 2.75) is 18.4 Å². The zero-order chi connectivity index (χ0) is 27.7. The number of pyridine rings is 1. The van der Waals surface area contributed by atoms with Gasteiger partial charge < -0.3 is 15.0 Å². The van der Waals surface area contributed by atoms with E-state index in [1.807, 2.05) is 27.3 Å². The van der Waals surface area contributed by atoms with E-state index >= 15 is 0 Å². The third kappa shape index (κ3) is 5.12. The number of anilines is 1. The van der Waals surface area contributed by atoms with Crippen molar-refractivity contribution >= 4 is 45.3 Å². The van der Waals surface area contributed by atoms with Gasteiger partial charge in [0.15, 0.2) is 5.60 Å². The summed E-state index contributed by atoms with van der Waals surface area (Å²) < 4.78 is 19.1. The highest BCUT2D eigenvalue weighted by Gasteiger charge is 2.45. The lowest BCUT2D eigenvalue weighted by molar-refractivity contribution is -0.138. The van der Waals surface area contributed by atoms with Gasteiger partial charge in [-0.2, -0.15) is 9.49 Å². The maximum absolute atomic E-state index is 13.5. The number of halogens is 1. The van der Waals surface area contributed by atoms with Gasteiger partial charge >= 0.3 is 0 Å². The summed E-state index contributed by atoms with van der Waals surface area (Å²) in [5, 5.41) is 14.0. The van der Waals surface area contributed by atoms with Gasteiger partial charge in [-0.25, -0.2) is 9.97 Å². The van der Waals surface area contributed by atoms with Crippen LogP contribution in [0.2, 0.25) is 0 Å². The van der Waals surface area contributed by atoms with Crippen LogP contribution in [0, 0.1) is 5.95 Å². The van der Waals surface area contributed by atoms with Gasteiger partial charge in [-0.1, -0.05) is 6.08 Å². The van der Waals surface area contributed by atoms with Gasteiger partial charge in [0, 0.05) is 67.7 Å². The minimum absolute atomic E-state index is 0.0370. The normalized spacial score (nSPS) is 19.6. The summed E-state index contributed by atoms with van der Waals surface area (Å²) in [7, 11) is 1.53. The highest BCUT2D eigenvalue weighted by atomic mass is 32.1.